The van der Waals surface area contributed by atoms with Crippen LogP contribution in [0, 0.1) is 0 Å². The molecule has 1 saturated heterocycles. The standard InChI is InChI=1S/C14H22N4O4S2/c1-3-5-6-7-9-24(21,22)13-16-15-12(23-13)18-11(19)10-17(8-4-2)14(18)20/h4,11,19H,2-3,5-10H2,1H3. The van der Waals surface area contributed by atoms with Crippen LogP contribution in [0.15, 0.2) is 17.0 Å². The summed E-state index contributed by atoms with van der Waals surface area (Å²) in [5, 5.41) is 17.6. The Balaban J connectivity index is 2.10. The van der Waals surface area contributed by atoms with Gasteiger partial charge in [-0.1, -0.05) is 43.6 Å². The summed E-state index contributed by atoms with van der Waals surface area (Å²) in [6.45, 7) is 6.03. The number of aliphatic hydroxyl groups is 1. The lowest BCUT2D eigenvalue weighted by Crippen LogP contribution is -2.34. The summed E-state index contributed by atoms with van der Waals surface area (Å²) < 4.78 is 24.4. The van der Waals surface area contributed by atoms with Crippen molar-refractivity contribution in [1.82, 2.24) is 15.1 Å². The predicted octanol–water partition coefficient (Wildman–Crippen LogP) is 1.64. The molecule has 1 atom stereocenters. The number of amides is 2. The number of aliphatic hydroxyl groups excluding tert-OH is 1. The van der Waals surface area contributed by atoms with E-state index in [1.165, 1.54) is 4.90 Å². The highest BCUT2D eigenvalue weighted by molar-refractivity contribution is 7.93. The molecule has 1 aromatic rings. The highest BCUT2D eigenvalue weighted by atomic mass is 32.2. The number of anilines is 1. The van der Waals surface area contributed by atoms with E-state index in [-0.39, 0.29) is 21.8 Å². The van der Waals surface area contributed by atoms with Crippen molar-refractivity contribution >= 4 is 32.3 Å². The Morgan fingerprint density at radius 3 is 2.79 bits per heavy atom. The number of aromatic nitrogens is 2. The van der Waals surface area contributed by atoms with Gasteiger partial charge >= 0.3 is 6.03 Å². The van der Waals surface area contributed by atoms with Crippen molar-refractivity contribution in [3.05, 3.63) is 12.7 Å². The molecular formula is C14H22N4O4S2. The molecule has 1 N–H and O–H groups in total. The quantitative estimate of drug-likeness (QED) is 0.400. The van der Waals surface area contributed by atoms with Crippen molar-refractivity contribution in [1.29, 1.82) is 0 Å². The number of hydrogen-bond acceptors (Lipinski definition) is 7. The van der Waals surface area contributed by atoms with Gasteiger partial charge < -0.3 is 10.0 Å². The molecule has 1 aliphatic heterocycles. The average molecular weight is 374 g/mol. The molecule has 0 radical (unpaired) electrons. The van der Waals surface area contributed by atoms with Crippen LogP contribution >= 0.6 is 11.3 Å². The first-order chi connectivity index (χ1) is 11.4. The number of carbonyl (C=O) groups excluding carboxylic acids is 1. The summed E-state index contributed by atoms with van der Waals surface area (Å²) in [5.74, 6) is 0.0146. The molecule has 0 saturated carbocycles. The molecule has 2 rings (SSSR count). The molecule has 0 aromatic carbocycles. The van der Waals surface area contributed by atoms with E-state index in [1.807, 2.05) is 0 Å². The van der Waals surface area contributed by atoms with Crippen molar-refractivity contribution in [2.75, 3.05) is 23.7 Å². The third kappa shape index (κ3) is 4.11. The lowest BCUT2D eigenvalue weighted by Gasteiger charge is -2.15. The first-order valence-electron chi connectivity index (χ1n) is 7.84. The minimum atomic E-state index is -3.51. The van der Waals surface area contributed by atoms with Gasteiger partial charge in [0.25, 0.3) is 0 Å². The Labute approximate surface area is 145 Å². The van der Waals surface area contributed by atoms with E-state index >= 15 is 0 Å². The van der Waals surface area contributed by atoms with Gasteiger partial charge in [0, 0.05) is 6.54 Å². The van der Waals surface area contributed by atoms with E-state index in [2.05, 4.69) is 23.7 Å². The smallest absolute Gasteiger partial charge is 0.329 e. The van der Waals surface area contributed by atoms with E-state index in [1.54, 1.807) is 6.08 Å². The Morgan fingerprint density at radius 1 is 1.38 bits per heavy atom. The van der Waals surface area contributed by atoms with Crippen LogP contribution in [-0.2, 0) is 9.84 Å². The van der Waals surface area contributed by atoms with Gasteiger partial charge in [0.15, 0.2) is 6.23 Å². The summed E-state index contributed by atoms with van der Waals surface area (Å²) in [5.41, 5.74) is 0. The van der Waals surface area contributed by atoms with Crippen molar-refractivity contribution in [3.8, 4) is 0 Å². The van der Waals surface area contributed by atoms with Gasteiger partial charge in [-0.25, -0.2) is 18.1 Å². The first-order valence-corrected chi connectivity index (χ1v) is 10.3. The number of urea groups is 1. The largest absolute Gasteiger partial charge is 0.371 e. The topological polar surface area (TPSA) is 104 Å². The molecule has 2 amide bonds. The first kappa shape index (κ1) is 18.8. The molecule has 2 heterocycles. The maximum Gasteiger partial charge on any atom is 0.329 e. The average Bonchev–Trinajstić information content (AvgIpc) is 3.10. The van der Waals surface area contributed by atoms with Crippen molar-refractivity contribution in [3.63, 3.8) is 0 Å². The second-order valence-corrected chi connectivity index (χ2v) is 8.80. The molecule has 10 heteroatoms. The number of unbranched alkanes of at least 4 members (excludes halogenated alkanes) is 3. The van der Waals surface area contributed by atoms with Gasteiger partial charge in [-0.2, -0.15) is 0 Å². The minimum Gasteiger partial charge on any atom is -0.371 e. The predicted molar refractivity (Wildman–Crippen MR) is 91.8 cm³/mol. The number of hydrogen-bond donors (Lipinski definition) is 1. The monoisotopic (exact) mass is 374 g/mol. The number of β-amino-alcohol motifs (C(OH)–C–C–N with tert-alkyl or cyclic N) is 1. The van der Waals surface area contributed by atoms with Crippen LogP contribution in [0.2, 0.25) is 0 Å². The zero-order valence-corrected chi connectivity index (χ0v) is 15.2. The molecule has 8 nitrogen and oxygen atoms in total. The molecule has 0 spiro atoms. The lowest BCUT2D eigenvalue weighted by molar-refractivity contribution is 0.180. The Morgan fingerprint density at radius 2 is 2.12 bits per heavy atom. The molecule has 0 aliphatic carbocycles. The number of nitrogens with zero attached hydrogens (tertiary/aromatic N) is 4. The van der Waals surface area contributed by atoms with Crippen LogP contribution in [0.25, 0.3) is 0 Å². The number of sulfone groups is 1. The fourth-order valence-corrected chi connectivity index (χ4v) is 4.91. The van der Waals surface area contributed by atoms with Crippen molar-refractivity contribution < 1.29 is 18.3 Å². The van der Waals surface area contributed by atoms with Gasteiger partial charge in [0.1, 0.15) is 0 Å². The number of rotatable bonds is 9. The molecular weight excluding hydrogens is 352 g/mol. The van der Waals surface area contributed by atoms with E-state index in [0.717, 1.165) is 35.5 Å². The fraction of sp³-hybridized carbons (Fsp3) is 0.643. The van der Waals surface area contributed by atoms with Gasteiger partial charge in [-0.15, -0.1) is 16.8 Å². The van der Waals surface area contributed by atoms with Crippen LogP contribution in [0.4, 0.5) is 9.93 Å². The van der Waals surface area contributed by atoms with E-state index in [4.69, 9.17) is 0 Å². The van der Waals surface area contributed by atoms with Crippen LogP contribution in [0.3, 0.4) is 0 Å². The lowest BCUT2D eigenvalue weighted by atomic mass is 10.2. The zero-order valence-electron chi connectivity index (χ0n) is 13.6. The van der Waals surface area contributed by atoms with Crippen LogP contribution in [0.5, 0.6) is 0 Å². The van der Waals surface area contributed by atoms with E-state index in [0.29, 0.717) is 13.0 Å². The summed E-state index contributed by atoms with van der Waals surface area (Å²) in [6, 6.07) is -0.439. The highest BCUT2D eigenvalue weighted by Crippen LogP contribution is 2.29. The highest BCUT2D eigenvalue weighted by Gasteiger charge is 2.39. The Bertz CT molecular complexity index is 689. The second kappa shape index (κ2) is 8.04. The molecule has 1 fully saturated rings. The third-order valence-electron chi connectivity index (χ3n) is 3.64. The van der Waals surface area contributed by atoms with Crippen LogP contribution in [0.1, 0.15) is 32.6 Å². The van der Waals surface area contributed by atoms with Gasteiger partial charge in [-0.05, 0) is 6.42 Å². The number of carbonyl (C=O) groups is 1. The zero-order chi connectivity index (χ0) is 17.7. The molecule has 1 aromatic heterocycles. The van der Waals surface area contributed by atoms with E-state index in [9.17, 15) is 18.3 Å². The Hall–Kier alpha value is -1.52. The normalized spacial score (nSPS) is 18.4. The van der Waals surface area contributed by atoms with Gasteiger partial charge in [0.05, 0.1) is 12.3 Å². The third-order valence-corrected chi connectivity index (χ3v) is 6.81. The molecule has 1 aliphatic rings. The fourth-order valence-electron chi connectivity index (χ4n) is 2.39. The summed E-state index contributed by atoms with van der Waals surface area (Å²) in [6.07, 6.45) is 3.92. The summed E-state index contributed by atoms with van der Waals surface area (Å²) in [4.78, 5) is 14.7. The molecule has 1 unspecified atom stereocenters. The maximum absolute atomic E-state index is 12.3. The SMILES string of the molecule is C=CCN1CC(O)N(c2nnc(S(=O)(=O)CCCCCC)s2)C1=O. The van der Waals surface area contributed by atoms with Crippen LogP contribution in [-0.4, -0.2) is 59.7 Å². The Kier molecular flexibility index (Phi) is 6.30. The minimum absolute atomic E-state index is 0.0146. The molecule has 0 bridgehead atoms. The maximum atomic E-state index is 12.3. The summed E-state index contributed by atoms with van der Waals surface area (Å²) in [7, 11) is -3.51. The van der Waals surface area contributed by atoms with Crippen molar-refractivity contribution in [2.45, 2.75) is 43.2 Å². The van der Waals surface area contributed by atoms with Crippen LogP contribution < -0.4 is 4.90 Å². The van der Waals surface area contributed by atoms with Gasteiger partial charge in [-0.3, -0.25) is 0 Å². The van der Waals surface area contributed by atoms with E-state index < -0.39 is 22.1 Å². The second-order valence-electron chi connectivity index (χ2n) is 5.56. The van der Waals surface area contributed by atoms with Crippen molar-refractivity contribution in [2.24, 2.45) is 0 Å². The van der Waals surface area contributed by atoms with Gasteiger partial charge in [0.2, 0.25) is 19.3 Å². The summed E-state index contributed by atoms with van der Waals surface area (Å²) >= 11 is 0.811. The molecule has 24 heavy (non-hydrogen) atoms. The molecule has 134 valence electrons.